The zero-order chi connectivity index (χ0) is 13.4. The van der Waals surface area contributed by atoms with Gasteiger partial charge in [-0.25, -0.2) is 0 Å². The Morgan fingerprint density at radius 2 is 2.21 bits per heavy atom. The Kier molecular flexibility index (Phi) is 2.85. The van der Waals surface area contributed by atoms with Gasteiger partial charge in [0.25, 0.3) is 0 Å². The van der Waals surface area contributed by atoms with E-state index < -0.39 is 0 Å². The van der Waals surface area contributed by atoms with Gasteiger partial charge in [-0.05, 0) is 31.9 Å². The molecular weight excluding hydrogens is 240 g/mol. The van der Waals surface area contributed by atoms with Crippen LogP contribution in [-0.4, -0.2) is 21.7 Å². The molecule has 19 heavy (non-hydrogen) atoms. The molecule has 0 atom stereocenters. The maximum Gasteiger partial charge on any atom is 0.196 e. The Morgan fingerprint density at radius 3 is 2.84 bits per heavy atom. The number of nitrogens with zero attached hydrogens (tertiary/aromatic N) is 2. The minimum atomic E-state index is -0.00755. The second-order valence-electron chi connectivity index (χ2n) is 4.98. The lowest BCUT2D eigenvalue weighted by Gasteiger charge is -2.06. The van der Waals surface area contributed by atoms with Gasteiger partial charge in [0.2, 0.25) is 0 Å². The predicted octanol–water partition coefficient (Wildman–Crippen LogP) is 2.50. The Labute approximate surface area is 112 Å². The van der Waals surface area contributed by atoms with Crippen LogP contribution < -0.4 is 4.74 Å². The fraction of sp³-hybridized carbons (Fsp3) is 0.333. The summed E-state index contributed by atoms with van der Waals surface area (Å²) in [5, 5.41) is 4.20. The number of aromatic nitrogens is 2. The van der Waals surface area contributed by atoms with E-state index in [2.05, 4.69) is 5.10 Å². The topological polar surface area (TPSA) is 44.1 Å². The standard InChI is InChI=1S/C15H16N2O2/c1-10-14(9-17(2)16-10)15(18)11-4-3-5-13(8-11)19-12-6-7-12/h3-5,8-9,12H,6-7H2,1-2H3. The third-order valence-corrected chi connectivity index (χ3v) is 3.18. The summed E-state index contributed by atoms with van der Waals surface area (Å²) >= 11 is 0. The summed E-state index contributed by atoms with van der Waals surface area (Å²) in [5.74, 6) is 0.766. The van der Waals surface area contributed by atoms with Gasteiger partial charge in [-0.3, -0.25) is 9.48 Å². The molecular formula is C15H16N2O2. The lowest BCUT2D eigenvalue weighted by Crippen LogP contribution is -2.03. The van der Waals surface area contributed by atoms with Gasteiger partial charge in [0, 0.05) is 18.8 Å². The Hall–Kier alpha value is -2.10. The van der Waals surface area contributed by atoms with Crippen LogP contribution in [0.2, 0.25) is 0 Å². The molecule has 0 aliphatic heterocycles. The summed E-state index contributed by atoms with van der Waals surface area (Å²) in [4.78, 5) is 12.4. The molecule has 0 bridgehead atoms. The number of aryl methyl sites for hydroxylation is 2. The summed E-state index contributed by atoms with van der Waals surface area (Å²) in [7, 11) is 1.82. The van der Waals surface area contributed by atoms with Gasteiger partial charge in [-0.15, -0.1) is 0 Å². The van der Waals surface area contributed by atoms with Gasteiger partial charge < -0.3 is 4.74 Å². The van der Waals surface area contributed by atoms with E-state index in [0.717, 1.165) is 24.3 Å². The van der Waals surface area contributed by atoms with Gasteiger partial charge in [-0.2, -0.15) is 5.10 Å². The molecule has 4 nitrogen and oxygen atoms in total. The number of rotatable bonds is 4. The number of hydrogen-bond donors (Lipinski definition) is 0. The lowest BCUT2D eigenvalue weighted by molar-refractivity contribution is 0.103. The fourth-order valence-electron chi connectivity index (χ4n) is 2.07. The molecule has 0 spiro atoms. The highest BCUT2D eigenvalue weighted by atomic mass is 16.5. The smallest absolute Gasteiger partial charge is 0.196 e. The maximum atomic E-state index is 12.4. The van der Waals surface area contributed by atoms with Crippen molar-refractivity contribution in [3.63, 3.8) is 0 Å². The van der Waals surface area contributed by atoms with Crippen molar-refractivity contribution in [2.45, 2.75) is 25.9 Å². The van der Waals surface area contributed by atoms with E-state index in [1.54, 1.807) is 10.9 Å². The average Bonchev–Trinajstić information content (AvgIpc) is 3.13. The summed E-state index contributed by atoms with van der Waals surface area (Å²) in [6, 6.07) is 7.38. The van der Waals surface area contributed by atoms with Crippen molar-refractivity contribution in [1.82, 2.24) is 9.78 Å². The second kappa shape index (κ2) is 4.53. The molecule has 0 amide bonds. The van der Waals surface area contributed by atoms with Gasteiger partial charge in [0.05, 0.1) is 17.4 Å². The van der Waals surface area contributed by atoms with Gasteiger partial charge >= 0.3 is 0 Å². The molecule has 4 heteroatoms. The van der Waals surface area contributed by atoms with Gasteiger partial charge in [0.1, 0.15) is 5.75 Å². The quantitative estimate of drug-likeness (QED) is 0.789. The molecule has 0 saturated heterocycles. The largest absolute Gasteiger partial charge is 0.490 e. The van der Waals surface area contributed by atoms with Crippen molar-refractivity contribution in [2.24, 2.45) is 7.05 Å². The number of benzene rings is 1. The van der Waals surface area contributed by atoms with E-state index in [1.165, 1.54) is 0 Å². The van der Waals surface area contributed by atoms with Crippen molar-refractivity contribution < 1.29 is 9.53 Å². The Morgan fingerprint density at radius 1 is 1.42 bits per heavy atom. The van der Waals surface area contributed by atoms with E-state index in [1.807, 2.05) is 38.2 Å². The molecule has 1 aromatic carbocycles. The average molecular weight is 256 g/mol. The molecule has 0 radical (unpaired) electrons. The van der Waals surface area contributed by atoms with Crippen LogP contribution >= 0.6 is 0 Å². The third-order valence-electron chi connectivity index (χ3n) is 3.18. The second-order valence-corrected chi connectivity index (χ2v) is 4.98. The molecule has 1 aliphatic rings. The van der Waals surface area contributed by atoms with Crippen molar-refractivity contribution in [3.8, 4) is 5.75 Å². The number of ketones is 1. The van der Waals surface area contributed by atoms with Crippen LogP contribution in [-0.2, 0) is 7.05 Å². The minimum absolute atomic E-state index is 0.00755. The fourth-order valence-corrected chi connectivity index (χ4v) is 2.07. The number of carbonyl (C=O) groups is 1. The first kappa shape index (κ1) is 12.0. The van der Waals surface area contributed by atoms with E-state index in [4.69, 9.17) is 4.74 Å². The van der Waals surface area contributed by atoms with Crippen LogP contribution in [0.1, 0.15) is 34.5 Å². The van der Waals surface area contributed by atoms with Crippen LogP contribution in [0.4, 0.5) is 0 Å². The highest BCUT2D eigenvalue weighted by Gasteiger charge is 2.24. The molecule has 1 fully saturated rings. The molecule has 1 saturated carbocycles. The molecule has 1 heterocycles. The summed E-state index contributed by atoms with van der Waals surface area (Å²) in [6.45, 7) is 1.85. The highest BCUT2D eigenvalue weighted by molar-refractivity contribution is 6.09. The molecule has 0 unspecified atom stereocenters. The van der Waals surface area contributed by atoms with Crippen molar-refractivity contribution in [1.29, 1.82) is 0 Å². The van der Waals surface area contributed by atoms with E-state index in [-0.39, 0.29) is 5.78 Å². The van der Waals surface area contributed by atoms with E-state index in [9.17, 15) is 4.79 Å². The summed E-state index contributed by atoms with van der Waals surface area (Å²) in [6.07, 6.45) is 4.32. The number of hydrogen-bond acceptors (Lipinski definition) is 3. The zero-order valence-corrected chi connectivity index (χ0v) is 11.1. The Balaban J connectivity index is 1.88. The summed E-state index contributed by atoms with van der Waals surface area (Å²) in [5.41, 5.74) is 2.04. The first-order valence-electron chi connectivity index (χ1n) is 6.45. The van der Waals surface area contributed by atoms with Crippen LogP contribution in [0, 0.1) is 6.92 Å². The molecule has 1 aliphatic carbocycles. The highest BCUT2D eigenvalue weighted by Crippen LogP contribution is 2.27. The maximum absolute atomic E-state index is 12.4. The normalized spacial score (nSPS) is 14.4. The number of ether oxygens (including phenoxy) is 1. The monoisotopic (exact) mass is 256 g/mol. The predicted molar refractivity (Wildman–Crippen MR) is 71.5 cm³/mol. The molecule has 2 aromatic rings. The number of carbonyl (C=O) groups excluding carboxylic acids is 1. The van der Waals surface area contributed by atoms with E-state index >= 15 is 0 Å². The van der Waals surface area contributed by atoms with Crippen LogP contribution in [0.3, 0.4) is 0 Å². The zero-order valence-electron chi connectivity index (χ0n) is 11.1. The van der Waals surface area contributed by atoms with Crippen LogP contribution in [0.15, 0.2) is 30.5 Å². The van der Waals surface area contributed by atoms with Crippen molar-refractivity contribution in [2.75, 3.05) is 0 Å². The Bertz CT molecular complexity index is 627. The first-order valence-corrected chi connectivity index (χ1v) is 6.45. The molecule has 98 valence electrons. The van der Waals surface area contributed by atoms with E-state index in [0.29, 0.717) is 17.2 Å². The summed E-state index contributed by atoms with van der Waals surface area (Å²) < 4.78 is 7.37. The third kappa shape index (κ3) is 2.52. The minimum Gasteiger partial charge on any atom is -0.490 e. The first-order chi connectivity index (χ1) is 9.13. The van der Waals surface area contributed by atoms with Crippen molar-refractivity contribution >= 4 is 5.78 Å². The van der Waals surface area contributed by atoms with Crippen LogP contribution in [0.25, 0.3) is 0 Å². The van der Waals surface area contributed by atoms with Gasteiger partial charge in [-0.1, -0.05) is 12.1 Å². The van der Waals surface area contributed by atoms with Crippen LogP contribution in [0.5, 0.6) is 5.75 Å². The molecule has 1 aromatic heterocycles. The van der Waals surface area contributed by atoms with Gasteiger partial charge in [0.15, 0.2) is 5.78 Å². The lowest BCUT2D eigenvalue weighted by atomic mass is 10.0. The van der Waals surface area contributed by atoms with Crippen molar-refractivity contribution in [3.05, 3.63) is 47.3 Å². The SMILES string of the molecule is Cc1nn(C)cc1C(=O)c1cccc(OC2CC2)c1. The molecule has 0 N–H and O–H groups in total. The molecule has 3 rings (SSSR count).